The molecular weight excluding hydrogens is 383 g/mol. The van der Waals surface area contributed by atoms with E-state index in [9.17, 15) is 4.39 Å². The van der Waals surface area contributed by atoms with Crippen LogP contribution in [0.3, 0.4) is 0 Å². The number of nitrogens with two attached hydrogens (primary N) is 2. The summed E-state index contributed by atoms with van der Waals surface area (Å²) >= 11 is 0. The third-order valence-corrected chi connectivity index (χ3v) is 5.29. The minimum Gasteiger partial charge on any atom is -0.497 e. The van der Waals surface area contributed by atoms with Gasteiger partial charge >= 0.3 is 0 Å². The second-order valence-corrected chi connectivity index (χ2v) is 8.03. The van der Waals surface area contributed by atoms with Crippen molar-refractivity contribution in [2.24, 2.45) is 22.6 Å². The third kappa shape index (κ3) is 5.18. The quantitative estimate of drug-likeness (QED) is 0.313. The van der Waals surface area contributed by atoms with E-state index in [4.69, 9.17) is 16.3 Å². The summed E-state index contributed by atoms with van der Waals surface area (Å²) in [6, 6.07) is 7.36. The molecule has 0 spiro atoms. The van der Waals surface area contributed by atoms with Gasteiger partial charge in [-0.15, -0.1) is 0 Å². The number of aromatic nitrogens is 1. The van der Waals surface area contributed by atoms with Crippen molar-refractivity contribution in [3.8, 4) is 5.75 Å². The lowest BCUT2D eigenvalue weighted by molar-refractivity contribution is 0.246. The molecule has 162 valence electrons. The molecule has 7 nitrogen and oxygen atoms in total. The van der Waals surface area contributed by atoms with Crippen LogP contribution in [0.2, 0.25) is 0 Å². The minimum absolute atomic E-state index is 0.0154. The molecule has 4 N–H and O–H groups in total. The number of rotatable bonds is 7. The van der Waals surface area contributed by atoms with Crippen molar-refractivity contribution < 1.29 is 9.13 Å². The fourth-order valence-corrected chi connectivity index (χ4v) is 3.85. The molecule has 8 heteroatoms. The van der Waals surface area contributed by atoms with Crippen molar-refractivity contribution >= 4 is 11.5 Å². The van der Waals surface area contributed by atoms with E-state index in [-0.39, 0.29) is 17.2 Å². The molecule has 3 rings (SSSR count). The number of amidine groups is 1. The smallest absolute Gasteiger partial charge is 0.155 e. The molecule has 1 aliphatic rings. The molecule has 0 saturated carbocycles. The van der Waals surface area contributed by atoms with Crippen LogP contribution in [0, 0.1) is 11.7 Å². The van der Waals surface area contributed by atoms with Crippen LogP contribution in [0.25, 0.3) is 0 Å². The number of pyridine rings is 1. The maximum absolute atomic E-state index is 14.9. The summed E-state index contributed by atoms with van der Waals surface area (Å²) in [6.07, 6.45) is 2.56. The van der Waals surface area contributed by atoms with Gasteiger partial charge in [0.05, 0.1) is 24.1 Å². The summed E-state index contributed by atoms with van der Waals surface area (Å²) in [6.45, 7) is 8.13. The maximum atomic E-state index is 14.9. The van der Waals surface area contributed by atoms with Gasteiger partial charge in [0.25, 0.3) is 0 Å². The maximum Gasteiger partial charge on any atom is 0.155 e. The highest BCUT2D eigenvalue weighted by Gasteiger charge is 2.24. The van der Waals surface area contributed by atoms with E-state index in [0.29, 0.717) is 5.92 Å². The minimum atomic E-state index is -0.377. The van der Waals surface area contributed by atoms with Crippen molar-refractivity contribution in [1.82, 2.24) is 9.88 Å². The number of nitrogens with zero attached hydrogens (tertiary/aromatic N) is 4. The second-order valence-electron chi connectivity index (χ2n) is 8.03. The first-order chi connectivity index (χ1) is 14.4. The van der Waals surface area contributed by atoms with Gasteiger partial charge in [0.2, 0.25) is 0 Å². The van der Waals surface area contributed by atoms with E-state index in [1.807, 2.05) is 18.2 Å². The first kappa shape index (κ1) is 21.8. The highest BCUT2D eigenvalue weighted by atomic mass is 19.1. The van der Waals surface area contributed by atoms with Crippen LogP contribution in [0.5, 0.6) is 5.75 Å². The monoisotopic (exact) mass is 414 g/mol. The molecule has 1 saturated heterocycles. The van der Waals surface area contributed by atoms with Gasteiger partial charge in [-0.25, -0.2) is 4.39 Å². The Morgan fingerprint density at radius 1 is 1.23 bits per heavy atom. The topological polar surface area (TPSA) is 93.0 Å². The summed E-state index contributed by atoms with van der Waals surface area (Å²) in [5.41, 5.74) is 8.90. The number of halogens is 1. The predicted molar refractivity (Wildman–Crippen MR) is 118 cm³/mol. The van der Waals surface area contributed by atoms with Gasteiger partial charge in [0.15, 0.2) is 5.84 Å². The largest absolute Gasteiger partial charge is 0.497 e. The highest BCUT2D eigenvalue weighted by Crippen LogP contribution is 2.28. The molecule has 0 amide bonds. The van der Waals surface area contributed by atoms with E-state index in [2.05, 4.69) is 33.7 Å². The summed E-state index contributed by atoms with van der Waals surface area (Å²) in [5.74, 6) is 6.24. The Morgan fingerprint density at radius 3 is 2.60 bits per heavy atom. The molecule has 1 fully saturated rings. The number of anilines is 1. The zero-order valence-electron chi connectivity index (χ0n) is 17.9. The Hall–Kier alpha value is -2.87. The molecule has 2 heterocycles. The average Bonchev–Trinajstić information content (AvgIpc) is 2.73. The van der Waals surface area contributed by atoms with Crippen LogP contribution in [0.15, 0.2) is 35.6 Å². The van der Waals surface area contributed by atoms with E-state index in [1.54, 1.807) is 19.4 Å². The molecule has 1 aromatic heterocycles. The summed E-state index contributed by atoms with van der Waals surface area (Å²) < 4.78 is 20.2. The van der Waals surface area contributed by atoms with E-state index in [0.717, 1.165) is 61.8 Å². The number of methoxy groups -OCH3 is 1. The lowest BCUT2D eigenvalue weighted by atomic mass is 9.98. The lowest BCUT2D eigenvalue weighted by Gasteiger charge is -2.37. The van der Waals surface area contributed by atoms with Gasteiger partial charge in [0.1, 0.15) is 11.6 Å². The Bertz CT molecular complexity index is 893. The Labute approximate surface area is 177 Å². The third-order valence-electron chi connectivity index (χ3n) is 5.29. The van der Waals surface area contributed by atoms with Crippen LogP contribution in [-0.2, 0) is 13.0 Å². The Kier molecular flexibility index (Phi) is 7.10. The van der Waals surface area contributed by atoms with Crippen molar-refractivity contribution in [1.29, 1.82) is 0 Å². The van der Waals surface area contributed by atoms with E-state index < -0.39 is 0 Å². The van der Waals surface area contributed by atoms with E-state index >= 15 is 0 Å². The number of hydrazone groups is 1. The van der Waals surface area contributed by atoms with Crippen LogP contribution >= 0.6 is 0 Å². The Balaban J connectivity index is 1.77. The lowest BCUT2D eigenvalue weighted by Crippen LogP contribution is -2.46. The summed E-state index contributed by atoms with van der Waals surface area (Å²) in [7, 11) is 1.65. The van der Waals surface area contributed by atoms with Gasteiger partial charge in [-0.1, -0.05) is 13.8 Å². The molecule has 0 aliphatic carbocycles. The van der Waals surface area contributed by atoms with Crippen molar-refractivity contribution in [3.05, 3.63) is 53.1 Å². The number of benzene rings is 1. The molecule has 0 atom stereocenters. The first-order valence-corrected chi connectivity index (χ1v) is 10.2. The zero-order chi connectivity index (χ0) is 21.7. The van der Waals surface area contributed by atoms with Crippen LogP contribution in [-0.4, -0.2) is 49.0 Å². The SMILES string of the molecule is COc1ccnc(CN2CCN(c3cc(CC(C)C)cc(F)c3/C(N)=N/N)CC2)c1. The molecule has 0 bridgehead atoms. The van der Waals surface area contributed by atoms with Crippen LogP contribution < -0.4 is 21.2 Å². The normalized spacial score (nSPS) is 15.6. The van der Waals surface area contributed by atoms with Gasteiger partial charge in [-0.2, -0.15) is 5.10 Å². The number of hydrogen-bond acceptors (Lipinski definition) is 6. The van der Waals surface area contributed by atoms with Crippen LogP contribution in [0.1, 0.15) is 30.7 Å². The summed E-state index contributed by atoms with van der Waals surface area (Å²) in [5, 5.41) is 3.55. The molecule has 1 aromatic carbocycles. The van der Waals surface area contributed by atoms with Gasteiger partial charge < -0.3 is 21.2 Å². The number of piperazine rings is 1. The summed E-state index contributed by atoms with van der Waals surface area (Å²) in [4.78, 5) is 8.92. The van der Waals surface area contributed by atoms with Crippen LogP contribution in [0.4, 0.5) is 10.1 Å². The fraction of sp³-hybridized carbons (Fsp3) is 0.455. The predicted octanol–water partition coefficient (Wildman–Crippen LogP) is 2.33. The van der Waals surface area contributed by atoms with Gasteiger partial charge in [-0.05, 0) is 36.1 Å². The second kappa shape index (κ2) is 9.75. The van der Waals surface area contributed by atoms with Gasteiger partial charge in [0, 0.05) is 45.0 Å². The molecule has 2 aromatic rings. The molecule has 30 heavy (non-hydrogen) atoms. The average molecular weight is 415 g/mol. The highest BCUT2D eigenvalue weighted by molar-refractivity contribution is 6.02. The molecule has 0 radical (unpaired) electrons. The molecule has 0 unspecified atom stereocenters. The van der Waals surface area contributed by atoms with Crippen molar-refractivity contribution in [2.75, 3.05) is 38.2 Å². The van der Waals surface area contributed by atoms with Crippen molar-refractivity contribution in [2.45, 2.75) is 26.8 Å². The zero-order valence-corrected chi connectivity index (χ0v) is 17.9. The number of ether oxygens (including phenoxy) is 1. The fourth-order valence-electron chi connectivity index (χ4n) is 3.85. The Morgan fingerprint density at radius 2 is 1.97 bits per heavy atom. The molecule has 1 aliphatic heterocycles. The first-order valence-electron chi connectivity index (χ1n) is 10.2. The van der Waals surface area contributed by atoms with Gasteiger partial charge in [-0.3, -0.25) is 9.88 Å². The standard InChI is InChI=1S/C22H31FN6O/c1-15(2)10-16-11-19(23)21(22(24)27-25)20(12-16)29-8-6-28(7-9-29)14-17-13-18(30-3)4-5-26-17/h4-5,11-13,15H,6-10,14,25H2,1-3H3,(H2,24,27). The number of hydrogen-bond donors (Lipinski definition) is 2. The molecular formula is C22H31FN6O. The van der Waals surface area contributed by atoms with E-state index in [1.165, 1.54) is 0 Å². The van der Waals surface area contributed by atoms with Crippen molar-refractivity contribution in [3.63, 3.8) is 0 Å².